The number of rotatable bonds is 3. The monoisotopic (exact) mass is 351 g/mol. The van der Waals surface area contributed by atoms with E-state index >= 15 is 0 Å². The van der Waals surface area contributed by atoms with E-state index in [4.69, 9.17) is 4.74 Å². The molecule has 1 amide bonds. The molecule has 0 spiro atoms. The lowest BCUT2D eigenvalue weighted by Gasteiger charge is -2.42. The summed E-state index contributed by atoms with van der Waals surface area (Å²) >= 11 is 0. The Hall–Kier alpha value is -2.86. The minimum Gasteiger partial charge on any atom is -0.487 e. The molecule has 3 aromatic rings. The van der Waals surface area contributed by atoms with Gasteiger partial charge < -0.3 is 14.7 Å². The van der Waals surface area contributed by atoms with Crippen LogP contribution in [0.4, 0.5) is 0 Å². The number of aromatic nitrogens is 2. The standard InChI is InChI=1S/C20H21N3O3/c1-20(25)13-23(12-11-17(20)26-14-7-3-2-4-8-14)19(24)18-15-9-5-6-10-16(15)21-22-18/h2-10,17,25H,11-13H2,1H3,(H,21,22)/t17-,20-/m0/s1. The fraction of sp³-hybridized carbons (Fsp3) is 0.300. The summed E-state index contributed by atoms with van der Waals surface area (Å²) in [6.45, 7) is 2.42. The minimum atomic E-state index is -1.14. The van der Waals surface area contributed by atoms with Crippen LogP contribution in [0.2, 0.25) is 0 Å². The fourth-order valence-corrected chi connectivity index (χ4v) is 3.45. The number of hydrogen-bond donors (Lipinski definition) is 2. The number of nitrogens with zero attached hydrogens (tertiary/aromatic N) is 2. The van der Waals surface area contributed by atoms with Crippen LogP contribution in [0.3, 0.4) is 0 Å². The van der Waals surface area contributed by atoms with Gasteiger partial charge in [-0.05, 0) is 25.1 Å². The number of H-pyrrole nitrogens is 1. The zero-order valence-corrected chi connectivity index (χ0v) is 14.6. The van der Waals surface area contributed by atoms with E-state index < -0.39 is 5.60 Å². The number of carbonyl (C=O) groups is 1. The van der Waals surface area contributed by atoms with Crippen LogP contribution in [0, 0.1) is 0 Å². The molecule has 0 bridgehead atoms. The van der Waals surface area contributed by atoms with Gasteiger partial charge in [0.05, 0.1) is 12.1 Å². The van der Waals surface area contributed by atoms with E-state index in [1.165, 1.54) is 0 Å². The highest BCUT2D eigenvalue weighted by molar-refractivity contribution is 6.04. The lowest BCUT2D eigenvalue weighted by molar-refractivity contribution is -0.0899. The van der Waals surface area contributed by atoms with Gasteiger partial charge in [0.2, 0.25) is 0 Å². The van der Waals surface area contributed by atoms with Crippen molar-refractivity contribution in [3.05, 3.63) is 60.3 Å². The molecule has 1 aromatic heterocycles. The number of nitrogens with one attached hydrogen (secondary N) is 1. The van der Waals surface area contributed by atoms with E-state index in [1.54, 1.807) is 11.8 Å². The van der Waals surface area contributed by atoms with Gasteiger partial charge in [0.25, 0.3) is 5.91 Å². The number of benzene rings is 2. The van der Waals surface area contributed by atoms with Gasteiger partial charge in [0.15, 0.2) is 5.69 Å². The van der Waals surface area contributed by atoms with Gasteiger partial charge in [-0.2, -0.15) is 5.10 Å². The average Bonchev–Trinajstić information content (AvgIpc) is 3.07. The van der Waals surface area contributed by atoms with Crippen LogP contribution < -0.4 is 4.74 Å². The van der Waals surface area contributed by atoms with Crippen LogP contribution in [0.5, 0.6) is 5.75 Å². The maximum Gasteiger partial charge on any atom is 0.275 e. The summed E-state index contributed by atoms with van der Waals surface area (Å²) in [4.78, 5) is 14.6. The highest BCUT2D eigenvalue weighted by Gasteiger charge is 2.42. The van der Waals surface area contributed by atoms with E-state index in [2.05, 4.69) is 10.2 Å². The summed E-state index contributed by atoms with van der Waals surface area (Å²) in [5, 5.41) is 18.7. The number of aliphatic hydroxyl groups is 1. The van der Waals surface area contributed by atoms with Crippen molar-refractivity contribution in [1.29, 1.82) is 0 Å². The molecule has 2 N–H and O–H groups in total. The first-order valence-electron chi connectivity index (χ1n) is 8.71. The molecular weight excluding hydrogens is 330 g/mol. The fourth-order valence-electron chi connectivity index (χ4n) is 3.45. The van der Waals surface area contributed by atoms with Crippen LogP contribution in [-0.4, -0.2) is 50.9 Å². The summed E-state index contributed by atoms with van der Waals surface area (Å²) in [5.41, 5.74) is 0.0688. The maximum absolute atomic E-state index is 12.9. The van der Waals surface area contributed by atoms with E-state index in [-0.39, 0.29) is 18.6 Å². The van der Waals surface area contributed by atoms with Crippen molar-refractivity contribution in [2.24, 2.45) is 0 Å². The Morgan fingerprint density at radius 2 is 1.96 bits per heavy atom. The van der Waals surface area contributed by atoms with Crippen molar-refractivity contribution in [2.45, 2.75) is 25.0 Å². The van der Waals surface area contributed by atoms with E-state index in [0.29, 0.717) is 18.7 Å². The normalized spacial score (nSPS) is 23.2. The molecular formula is C20H21N3O3. The Kier molecular flexibility index (Phi) is 4.12. The predicted molar refractivity (Wildman–Crippen MR) is 98.1 cm³/mol. The van der Waals surface area contributed by atoms with Crippen molar-refractivity contribution in [1.82, 2.24) is 15.1 Å². The lowest BCUT2D eigenvalue weighted by Crippen LogP contribution is -2.58. The van der Waals surface area contributed by atoms with Gasteiger partial charge >= 0.3 is 0 Å². The highest BCUT2D eigenvalue weighted by Crippen LogP contribution is 2.28. The van der Waals surface area contributed by atoms with E-state index in [0.717, 1.165) is 16.7 Å². The third-order valence-corrected chi connectivity index (χ3v) is 4.85. The maximum atomic E-state index is 12.9. The van der Waals surface area contributed by atoms with Crippen LogP contribution in [-0.2, 0) is 0 Å². The second-order valence-corrected chi connectivity index (χ2v) is 6.91. The number of carbonyl (C=O) groups excluding carboxylic acids is 1. The highest BCUT2D eigenvalue weighted by atomic mass is 16.5. The van der Waals surface area contributed by atoms with Crippen molar-refractivity contribution in [2.75, 3.05) is 13.1 Å². The topological polar surface area (TPSA) is 78.5 Å². The number of likely N-dealkylation sites (tertiary alicyclic amines) is 1. The van der Waals surface area contributed by atoms with Gasteiger partial charge in [-0.15, -0.1) is 0 Å². The molecule has 1 aliphatic rings. The molecule has 0 unspecified atom stereocenters. The second-order valence-electron chi connectivity index (χ2n) is 6.91. The minimum absolute atomic E-state index is 0.180. The van der Waals surface area contributed by atoms with Crippen LogP contribution >= 0.6 is 0 Å². The molecule has 6 heteroatoms. The zero-order valence-electron chi connectivity index (χ0n) is 14.6. The van der Waals surface area contributed by atoms with Gasteiger partial charge in [-0.1, -0.05) is 36.4 Å². The molecule has 0 aliphatic carbocycles. The summed E-state index contributed by atoms with van der Waals surface area (Å²) in [5.74, 6) is 0.539. The Morgan fingerprint density at radius 1 is 1.23 bits per heavy atom. The third kappa shape index (κ3) is 3.04. The van der Waals surface area contributed by atoms with Gasteiger partial charge in [0, 0.05) is 18.4 Å². The molecule has 1 fully saturated rings. The lowest BCUT2D eigenvalue weighted by atomic mass is 9.91. The Bertz CT molecular complexity index is 920. The number of aromatic amines is 1. The summed E-state index contributed by atoms with van der Waals surface area (Å²) < 4.78 is 5.95. The molecule has 1 aliphatic heterocycles. The number of fused-ring (bicyclic) bond motifs is 1. The van der Waals surface area contributed by atoms with Crippen molar-refractivity contribution in [3.63, 3.8) is 0 Å². The summed E-state index contributed by atoms with van der Waals surface area (Å²) in [6.07, 6.45) is 0.181. The number of piperidine rings is 1. The number of para-hydroxylation sites is 2. The van der Waals surface area contributed by atoms with E-state index in [1.807, 2.05) is 54.6 Å². The Morgan fingerprint density at radius 3 is 2.73 bits per heavy atom. The molecule has 2 aromatic carbocycles. The number of ether oxygens (including phenoxy) is 1. The van der Waals surface area contributed by atoms with Crippen LogP contribution in [0.15, 0.2) is 54.6 Å². The largest absolute Gasteiger partial charge is 0.487 e. The number of amides is 1. The zero-order chi connectivity index (χ0) is 18.1. The molecule has 0 saturated carbocycles. The SMILES string of the molecule is C[C@]1(O)CN(C(=O)c2n[nH]c3ccccc23)CC[C@@H]1Oc1ccccc1. The molecule has 0 radical (unpaired) electrons. The molecule has 2 atom stereocenters. The first kappa shape index (κ1) is 16.6. The molecule has 4 rings (SSSR count). The first-order valence-corrected chi connectivity index (χ1v) is 8.71. The Balaban J connectivity index is 1.51. The molecule has 2 heterocycles. The first-order chi connectivity index (χ1) is 12.5. The van der Waals surface area contributed by atoms with Crippen LogP contribution in [0.1, 0.15) is 23.8 Å². The second kappa shape index (κ2) is 6.46. The van der Waals surface area contributed by atoms with Gasteiger partial charge in [0.1, 0.15) is 17.5 Å². The van der Waals surface area contributed by atoms with Crippen LogP contribution in [0.25, 0.3) is 10.9 Å². The molecule has 1 saturated heterocycles. The van der Waals surface area contributed by atoms with Crippen molar-refractivity contribution < 1.29 is 14.6 Å². The van der Waals surface area contributed by atoms with Gasteiger partial charge in [-0.3, -0.25) is 9.89 Å². The predicted octanol–water partition coefficient (Wildman–Crippen LogP) is 2.61. The average molecular weight is 351 g/mol. The molecule has 6 nitrogen and oxygen atoms in total. The molecule has 134 valence electrons. The van der Waals surface area contributed by atoms with Crippen molar-refractivity contribution >= 4 is 16.8 Å². The summed E-state index contributed by atoms with van der Waals surface area (Å²) in [7, 11) is 0. The summed E-state index contributed by atoms with van der Waals surface area (Å²) in [6, 6.07) is 17.0. The number of hydrogen-bond acceptors (Lipinski definition) is 4. The molecule has 26 heavy (non-hydrogen) atoms. The van der Waals surface area contributed by atoms with Crippen molar-refractivity contribution in [3.8, 4) is 5.75 Å². The van der Waals surface area contributed by atoms with Gasteiger partial charge in [-0.25, -0.2) is 0 Å². The number of β-amino-alcohol motifs (C(OH)–C–C–N with tert-alkyl or cyclic N) is 1. The third-order valence-electron chi connectivity index (χ3n) is 4.85. The van der Waals surface area contributed by atoms with E-state index in [9.17, 15) is 9.90 Å². The smallest absolute Gasteiger partial charge is 0.275 e. The quantitative estimate of drug-likeness (QED) is 0.760. The Labute approximate surface area is 151 Å².